The first-order valence-corrected chi connectivity index (χ1v) is 9.98. The molecule has 0 bridgehead atoms. The molecule has 25 heavy (non-hydrogen) atoms. The molecule has 0 unspecified atom stereocenters. The molecule has 1 saturated heterocycles. The number of benzene rings is 2. The summed E-state index contributed by atoms with van der Waals surface area (Å²) in [5, 5.41) is 20.6. The molecule has 2 aromatic carbocycles. The highest BCUT2D eigenvalue weighted by atomic mass is 32.3. The summed E-state index contributed by atoms with van der Waals surface area (Å²) in [6.45, 7) is -0.0411. The number of allylic oxidation sites excluding steroid dienone is 1. The Balaban J connectivity index is 1.99. The van der Waals surface area contributed by atoms with E-state index in [4.69, 9.17) is 5.26 Å². The van der Waals surface area contributed by atoms with Crippen LogP contribution in [0.4, 0.5) is 5.69 Å². The molecule has 2 N–H and O–H groups in total. The lowest BCUT2D eigenvalue weighted by molar-refractivity contribution is -0.117. The minimum atomic E-state index is -3.04. The Morgan fingerprint density at radius 2 is 2.16 bits per heavy atom. The maximum Gasteiger partial charge on any atom is 0.251 e. The first-order chi connectivity index (χ1) is 11.9. The number of fused-ring (bicyclic) bond motifs is 1. The summed E-state index contributed by atoms with van der Waals surface area (Å²) in [4.78, 5) is 11.6. The van der Waals surface area contributed by atoms with Crippen LogP contribution in [0.1, 0.15) is 18.4 Å². The van der Waals surface area contributed by atoms with Gasteiger partial charge in [0.25, 0.3) is 5.91 Å². The Hall–Kier alpha value is -2.85. The molecule has 3 rings (SSSR count). The lowest BCUT2D eigenvalue weighted by Crippen LogP contribution is -2.36. The highest BCUT2D eigenvalue weighted by Gasteiger charge is 2.32. The van der Waals surface area contributed by atoms with Crippen LogP contribution in [0.5, 0.6) is 5.75 Å². The number of unbranched alkanes of at least 4 members (excludes halogenated alkanes) is 1. The second-order valence-electron chi connectivity index (χ2n) is 6.02. The van der Waals surface area contributed by atoms with Crippen molar-refractivity contribution in [2.24, 2.45) is 0 Å². The monoisotopic (exact) mass is 357 g/mol. The third-order valence-electron chi connectivity index (χ3n) is 4.06. The summed E-state index contributed by atoms with van der Waals surface area (Å²) in [7, 11) is -3.04. The fourth-order valence-corrected chi connectivity index (χ4v) is 4.48. The Bertz CT molecular complexity index is 962. The van der Waals surface area contributed by atoms with Crippen molar-refractivity contribution < 1.29 is 14.1 Å². The van der Waals surface area contributed by atoms with Gasteiger partial charge in [-0.25, -0.2) is 4.21 Å². The second kappa shape index (κ2) is 6.57. The van der Waals surface area contributed by atoms with Crippen molar-refractivity contribution in [3.8, 4) is 11.8 Å². The van der Waals surface area contributed by atoms with E-state index in [2.05, 4.69) is 10.8 Å². The van der Waals surface area contributed by atoms with Crippen LogP contribution in [0.3, 0.4) is 0 Å². The van der Waals surface area contributed by atoms with E-state index in [-0.39, 0.29) is 18.2 Å². The van der Waals surface area contributed by atoms with Crippen LogP contribution < -0.4 is 9.03 Å². The number of amides is 1. The lowest BCUT2D eigenvalue weighted by Gasteiger charge is -2.27. The van der Waals surface area contributed by atoms with E-state index in [0.717, 1.165) is 16.3 Å². The van der Waals surface area contributed by atoms with Gasteiger partial charge in [0, 0.05) is 23.0 Å². The number of rotatable bonds is 4. The molecule has 1 aliphatic heterocycles. The zero-order valence-corrected chi connectivity index (χ0v) is 14.7. The van der Waals surface area contributed by atoms with Gasteiger partial charge in [-0.15, -0.1) is 0 Å². The van der Waals surface area contributed by atoms with Crippen LogP contribution >= 0.6 is 0 Å². The molecule has 1 heterocycles. The van der Waals surface area contributed by atoms with Crippen molar-refractivity contribution in [1.29, 1.82) is 5.26 Å². The van der Waals surface area contributed by atoms with Gasteiger partial charge < -0.3 is 5.11 Å². The number of aromatic hydroxyl groups is 1. The highest BCUT2D eigenvalue weighted by Crippen LogP contribution is 2.36. The van der Waals surface area contributed by atoms with Crippen molar-refractivity contribution in [2.75, 3.05) is 17.1 Å². The number of carbonyl (C=O) groups is 1. The van der Waals surface area contributed by atoms with Crippen LogP contribution in [0, 0.1) is 11.3 Å². The van der Waals surface area contributed by atoms with Gasteiger partial charge in [0.2, 0.25) is 0 Å². The van der Waals surface area contributed by atoms with Gasteiger partial charge in [-0.3, -0.25) is 13.8 Å². The minimum Gasteiger partial charge on any atom is -0.506 e. The standard InChI is InChI=1S/C18H19N3O3S/c1-25(24)20-18(23)12-21(25)16-10-15-9-13(5-3-2-4-8-19)6-7-14(15)11-17(16)22/h3,5-7,9-11,22,25H,2,4,12H2,1H3,(H,20,23,24)/b5-3+. The maximum atomic E-state index is 12.6. The van der Waals surface area contributed by atoms with Crippen molar-refractivity contribution in [1.82, 2.24) is 4.72 Å². The molecule has 0 spiro atoms. The summed E-state index contributed by atoms with van der Waals surface area (Å²) in [6, 6.07) is 11.2. The number of thiol groups is 1. The number of hydrogen-bond acceptors (Lipinski definition) is 4. The number of anilines is 1. The Labute approximate surface area is 147 Å². The van der Waals surface area contributed by atoms with Crippen molar-refractivity contribution >= 4 is 38.7 Å². The van der Waals surface area contributed by atoms with E-state index in [0.29, 0.717) is 18.5 Å². The first kappa shape index (κ1) is 17.0. The topological polar surface area (TPSA) is 93.4 Å². The summed E-state index contributed by atoms with van der Waals surface area (Å²) in [5.41, 5.74) is 1.35. The first-order valence-electron chi connectivity index (χ1n) is 7.87. The van der Waals surface area contributed by atoms with E-state index >= 15 is 0 Å². The second-order valence-corrected chi connectivity index (χ2v) is 8.48. The van der Waals surface area contributed by atoms with Gasteiger partial charge in [-0.1, -0.05) is 24.3 Å². The average molecular weight is 357 g/mol. The number of nitrogens with zero attached hydrogens (tertiary/aromatic N) is 2. The SMILES string of the molecule is C[SH]1(=O)NC(=O)CN1c1cc2cc(/C=C/CCC#N)ccc2cc1O. The normalized spacial score (nSPS) is 17.6. The fraction of sp³-hybridized carbons (Fsp3) is 0.222. The van der Waals surface area contributed by atoms with Crippen molar-refractivity contribution in [2.45, 2.75) is 12.8 Å². The summed E-state index contributed by atoms with van der Waals surface area (Å²) < 4.78 is 16.5. The minimum absolute atomic E-state index is 0.0108. The van der Waals surface area contributed by atoms with Gasteiger partial charge in [-0.05, 0) is 41.0 Å². The van der Waals surface area contributed by atoms with E-state index in [1.165, 1.54) is 10.6 Å². The van der Waals surface area contributed by atoms with E-state index in [1.807, 2.05) is 30.4 Å². The van der Waals surface area contributed by atoms with Crippen molar-refractivity contribution in [3.05, 3.63) is 42.0 Å². The zero-order chi connectivity index (χ0) is 18.0. The Morgan fingerprint density at radius 1 is 1.36 bits per heavy atom. The molecular weight excluding hydrogens is 338 g/mol. The maximum absolute atomic E-state index is 12.6. The Kier molecular flexibility index (Phi) is 4.47. The van der Waals surface area contributed by atoms with Crippen molar-refractivity contribution in [3.63, 3.8) is 0 Å². The lowest BCUT2D eigenvalue weighted by atomic mass is 10.0. The number of nitrogens with one attached hydrogen (secondary N) is 1. The molecule has 6 nitrogen and oxygen atoms in total. The molecule has 0 radical (unpaired) electrons. The molecular formula is C18H19N3O3S. The van der Waals surface area contributed by atoms with E-state index in [1.54, 1.807) is 12.1 Å². The summed E-state index contributed by atoms with van der Waals surface area (Å²) in [5.74, 6) is -0.331. The number of carbonyl (C=O) groups excluding carboxylic acids is 1. The van der Waals surface area contributed by atoms with E-state index in [9.17, 15) is 14.1 Å². The molecule has 2 aromatic rings. The quantitative estimate of drug-likeness (QED) is 0.578. The molecule has 0 saturated carbocycles. The van der Waals surface area contributed by atoms with Gasteiger partial charge in [-0.2, -0.15) is 5.26 Å². The number of phenols is 1. The molecule has 1 amide bonds. The van der Waals surface area contributed by atoms with Crippen LogP contribution in [0.2, 0.25) is 0 Å². The van der Waals surface area contributed by atoms with Gasteiger partial charge in [0.05, 0.1) is 11.8 Å². The number of phenolic OH excluding ortho intramolecular Hbond substituents is 1. The largest absolute Gasteiger partial charge is 0.506 e. The van der Waals surface area contributed by atoms with Crippen LogP contribution in [-0.4, -0.2) is 28.0 Å². The van der Waals surface area contributed by atoms with Crippen LogP contribution in [0.25, 0.3) is 16.8 Å². The van der Waals surface area contributed by atoms with Crippen LogP contribution in [0.15, 0.2) is 36.4 Å². The smallest absolute Gasteiger partial charge is 0.251 e. The fourth-order valence-electron chi connectivity index (χ4n) is 2.86. The zero-order valence-electron chi connectivity index (χ0n) is 13.8. The molecule has 0 aliphatic carbocycles. The van der Waals surface area contributed by atoms with Crippen LogP contribution in [-0.2, 0) is 15.1 Å². The number of nitriles is 1. The number of hydrogen-bond donors (Lipinski definition) is 3. The predicted octanol–water partition coefficient (Wildman–Crippen LogP) is 2.28. The molecule has 1 aliphatic rings. The average Bonchev–Trinajstić information content (AvgIpc) is 2.83. The van der Waals surface area contributed by atoms with Gasteiger partial charge >= 0.3 is 0 Å². The third kappa shape index (κ3) is 3.49. The third-order valence-corrected chi connectivity index (χ3v) is 6.00. The summed E-state index contributed by atoms with van der Waals surface area (Å²) >= 11 is 0. The molecule has 0 atom stereocenters. The molecule has 0 aromatic heterocycles. The van der Waals surface area contributed by atoms with Gasteiger partial charge in [0.1, 0.15) is 12.3 Å². The Morgan fingerprint density at radius 3 is 2.84 bits per heavy atom. The molecule has 7 heteroatoms. The summed E-state index contributed by atoms with van der Waals surface area (Å²) in [6.07, 6.45) is 6.51. The van der Waals surface area contributed by atoms with Gasteiger partial charge in [0.15, 0.2) is 0 Å². The predicted molar refractivity (Wildman–Crippen MR) is 100 cm³/mol. The molecule has 1 fully saturated rings. The molecule has 130 valence electrons. The van der Waals surface area contributed by atoms with E-state index < -0.39 is 10.3 Å². The highest BCUT2D eigenvalue weighted by molar-refractivity contribution is 8.02.